The number of ketones is 1. The molecule has 148 valence electrons. The number of allylic oxidation sites excluding steroid dienone is 1. The van der Waals surface area contributed by atoms with Gasteiger partial charge < -0.3 is 4.74 Å². The molecule has 3 aromatic rings. The van der Waals surface area contributed by atoms with E-state index in [1.165, 1.54) is 6.08 Å². The van der Waals surface area contributed by atoms with Gasteiger partial charge in [0, 0.05) is 5.56 Å². The fourth-order valence-corrected chi connectivity index (χ4v) is 3.76. The minimum absolute atomic E-state index is 0.177. The van der Waals surface area contributed by atoms with Crippen LogP contribution < -0.4 is 9.46 Å². The van der Waals surface area contributed by atoms with E-state index in [-0.39, 0.29) is 10.7 Å². The van der Waals surface area contributed by atoms with Crippen molar-refractivity contribution in [3.05, 3.63) is 95.6 Å². The van der Waals surface area contributed by atoms with Crippen molar-refractivity contribution in [2.24, 2.45) is 0 Å². The van der Waals surface area contributed by atoms with Gasteiger partial charge in [0.2, 0.25) is 0 Å². The van der Waals surface area contributed by atoms with Gasteiger partial charge in [0.15, 0.2) is 5.78 Å². The highest BCUT2D eigenvalue weighted by Gasteiger charge is 2.15. The first-order valence-electron chi connectivity index (χ1n) is 8.94. The molecule has 6 heteroatoms. The van der Waals surface area contributed by atoms with Crippen LogP contribution in [-0.2, 0) is 10.0 Å². The van der Waals surface area contributed by atoms with Crippen LogP contribution >= 0.6 is 0 Å². The Kier molecular flexibility index (Phi) is 6.14. The predicted molar refractivity (Wildman–Crippen MR) is 115 cm³/mol. The maximum absolute atomic E-state index is 12.7. The second kappa shape index (κ2) is 8.75. The average molecular weight is 407 g/mol. The fraction of sp³-hybridized carbons (Fsp3) is 0.0870. The number of sulfonamides is 1. The molecule has 0 atom stereocenters. The molecule has 0 amide bonds. The molecular weight excluding hydrogens is 386 g/mol. The van der Waals surface area contributed by atoms with Gasteiger partial charge in [0.25, 0.3) is 10.0 Å². The Balaban J connectivity index is 1.82. The maximum Gasteiger partial charge on any atom is 0.261 e. The number of aryl methyl sites for hydroxylation is 1. The minimum atomic E-state index is -3.73. The Bertz CT molecular complexity index is 1130. The van der Waals surface area contributed by atoms with Crippen LogP contribution in [0.3, 0.4) is 0 Å². The highest BCUT2D eigenvalue weighted by Crippen LogP contribution is 2.22. The van der Waals surface area contributed by atoms with Crippen molar-refractivity contribution in [1.82, 2.24) is 0 Å². The lowest BCUT2D eigenvalue weighted by atomic mass is 10.1. The van der Waals surface area contributed by atoms with Gasteiger partial charge in [-0.15, -0.1) is 0 Å². The van der Waals surface area contributed by atoms with Crippen molar-refractivity contribution in [3.63, 3.8) is 0 Å². The summed E-state index contributed by atoms with van der Waals surface area (Å²) in [6.07, 6.45) is 3.01. The van der Waals surface area contributed by atoms with Crippen LogP contribution in [0.4, 0.5) is 5.69 Å². The molecule has 0 aliphatic rings. The highest BCUT2D eigenvalue weighted by molar-refractivity contribution is 7.92. The summed E-state index contributed by atoms with van der Waals surface area (Å²) in [7, 11) is -2.17. The van der Waals surface area contributed by atoms with E-state index < -0.39 is 10.0 Å². The van der Waals surface area contributed by atoms with Gasteiger partial charge in [-0.2, -0.15) is 0 Å². The summed E-state index contributed by atoms with van der Waals surface area (Å²) >= 11 is 0. The molecule has 0 saturated heterocycles. The number of anilines is 1. The quantitative estimate of drug-likeness (QED) is 0.455. The number of hydrogen-bond acceptors (Lipinski definition) is 4. The molecule has 0 unspecified atom stereocenters. The van der Waals surface area contributed by atoms with Gasteiger partial charge in [-0.05, 0) is 67.1 Å². The van der Waals surface area contributed by atoms with Gasteiger partial charge >= 0.3 is 0 Å². The molecule has 3 rings (SSSR count). The molecular formula is C23H21NO4S. The number of benzene rings is 3. The minimum Gasteiger partial charge on any atom is -0.497 e. The number of para-hydroxylation sites is 1. The molecule has 0 radical (unpaired) electrons. The van der Waals surface area contributed by atoms with Crippen LogP contribution in [0.2, 0.25) is 0 Å². The highest BCUT2D eigenvalue weighted by atomic mass is 32.2. The number of hydrogen-bond donors (Lipinski definition) is 1. The Morgan fingerprint density at radius 1 is 0.931 bits per heavy atom. The second-order valence-corrected chi connectivity index (χ2v) is 8.11. The average Bonchev–Trinajstić information content (AvgIpc) is 2.73. The molecule has 29 heavy (non-hydrogen) atoms. The summed E-state index contributed by atoms with van der Waals surface area (Å²) < 4.78 is 33.0. The lowest BCUT2D eigenvalue weighted by Crippen LogP contribution is -2.13. The molecule has 0 saturated carbocycles. The Morgan fingerprint density at radius 3 is 2.24 bits per heavy atom. The largest absolute Gasteiger partial charge is 0.497 e. The summed E-state index contributed by atoms with van der Waals surface area (Å²) in [5, 5.41) is 0. The van der Waals surface area contributed by atoms with E-state index in [9.17, 15) is 13.2 Å². The van der Waals surface area contributed by atoms with E-state index in [0.717, 1.165) is 5.56 Å². The smallest absolute Gasteiger partial charge is 0.261 e. The van der Waals surface area contributed by atoms with Gasteiger partial charge in [-0.1, -0.05) is 35.9 Å². The van der Waals surface area contributed by atoms with Gasteiger partial charge in [0.05, 0.1) is 17.7 Å². The Labute approximate surface area is 170 Å². The van der Waals surface area contributed by atoms with E-state index in [1.54, 1.807) is 86.0 Å². The zero-order valence-electron chi connectivity index (χ0n) is 16.1. The van der Waals surface area contributed by atoms with E-state index >= 15 is 0 Å². The number of carbonyl (C=O) groups is 1. The van der Waals surface area contributed by atoms with Crippen LogP contribution in [0, 0.1) is 6.92 Å². The molecule has 0 aromatic heterocycles. The number of carbonyl (C=O) groups excluding carboxylic acids is 1. The van der Waals surface area contributed by atoms with Crippen LogP contribution in [0.1, 0.15) is 21.5 Å². The van der Waals surface area contributed by atoms with Crippen LogP contribution in [0.25, 0.3) is 6.08 Å². The first-order valence-corrected chi connectivity index (χ1v) is 10.4. The first-order chi connectivity index (χ1) is 13.9. The molecule has 1 N–H and O–H groups in total. The van der Waals surface area contributed by atoms with Crippen LogP contribution in [0.5, 0.6) is 5.75 Å². The predicted octanol–water partition coefficient (Wildman–Crippen LogP) is 4.70. The lowest BCUT2D eigenvalue weighted by Gasteiger charge is -2.11. The zero-order chi connectivity index (χ0) is 20.9. The fourth-order valence-electron chi connectivity index (χ4n) is 2.67. The SMILES string of the molecule is COc1ccc(C(=O)/C=C/c2ccccc2NS(=O)(=O)c2ccc(C)cc2)cc1. The third kappa shape index (κ3) is 5.12. The van der Waals surface area contributed by atoms with Crippen molar-refractivity contribution in [3.8, 4) is 5.75 Å². The summed E-state index contributed by atoms with van der Waals surface area (Å²) in [5.74, 6) is 0.477. The third-order valence-corrected chi connectivity index (χ3v) is 5.71. The molecule has 0 bridgehead atoms. The summed E-state index contributed by atoms with van der Waals surface area (Å²) in [5.41, 5.74) is 2.47. The van der Waals surface area contributed by atoms with Crippen molar-refractivity contribution >= 4 is 27.6 Å². The summed E-state index contributed by atoms with van der Waals surface area (Å²) in [4.78, 5) is 12.6. The number of methoxy groups -OCH3 is 1. The molecule has 0 fully saturated rings. The van der Waals surface area contributed by atoms with Crippen LogP contribution in [0.15, 0.2) is 83.8 Å². The van der Waals surface area contributed by atoms with Crippen molar-refractivity contribution in [1.29, 1.82) is 0 Å². The molecule has 3 aromatic carbocycles. The Morgan fingerprint density at radius 2 is 1.59 bits per heavy atom. The van der Waals surface area contributed by atoms with E-state index in [0.29, 0.717) is 22.6 Å². The lowest BCUT2D eigenvalue weighted by molar-refractivity contribution is 0.104. The van der Waals surface area contributed by atoms with E-state index in [4.69, 9.17) is 4.74 Å². The molecule has 0 spiro atoms. The second-order valence-electron chi connectivity index (χ2n) is 6.43. The van der Waals surface area contributed by atoms with E-state index in [2.05, 4.69) is 4.72 Å². The maximum atomic E-state index is 12.7. The molecule has 0 aliphatic heterocycles. The van der Waals surface area contributed by atoms with Crippen molar-refractivity contribution in [2.45, 2.75) is 11.8 Å². The van der Waals surface area contributed by atoms with Gasteiger partial charge in [-0.25, -0.2) is 8.42 Å². The Hall–Kier alpha value is -3.38. The van der Waals surface area contributed by atoms with Gasteiger partial charge in [0.1, 0.15) is 5.75 Å². The molecule has 5 nitrogen and oxygen atoms in total. The standard InChI is InChI=1S/C23H21NO4S/c1-17-7-14-21(15-8-17)29(26,27)24-22-6-4-3-5-18(22)11-16-23(25)19-9-12-20(28-2)13-10-19/h3-16,24H,1-2H3/b16-11+. The van der Waals surface area contributed by atoms with Crippen molar-refractivity contribution in [2.75, 3.05) is 11.8 Å². The third-order valence-electron chi connectivity index (χ3n) is 4.33. The zero-order valence-corrected chi connectivity index (χ0v) is 16.9. The summed E-state index contributed by atoms with van der Waals surface area (Å²) in [6, 6.07) is 20.3. The first kappa shape index (κ1) is 20.4. The number of ether oxygens (including phenoxy) is 1. The number of nitrogens with one attached hydrogen (secondary N) is 1. The van der Waals surface area contributed by atoms with E-state index in [1.807, 2.05) is 6.92 Å². The number of rotatable bonds is 7. The molecule has 0 heterocycles. The van der Waals surface area contributed by atoms with Crippen molar-refractivity contribution < 1.29 is 17.9 Å². The summed E-state index contributed by atoms with van der Waals surface area (Å²) in [6.45, 7) is 1.89. The normalized spacial score (nSPS) is 11.4. The molecule has 0 aliphatic carbocycles. The monoisotopic (exact) mass is 407 g/mol. The van der Waals surface area contributed by atoms with Gasteiger partial charge in [-0.3, -0.25) is 9.52 Å². The van der Waals surface area contributed by atoms with Crippen LogP contribution in [-0.4, -0.2) is 21.3 Å². The topological polar surface area (TPSA) is 72.5 Å².